The monoisotopic (exact) mass is 264 g/mol. The van der Waals surface area contributed by atoms with Crippen molar-refractivity contribution in [2.45, 2.75) is 39.8 Å². The highest BCUT2D eigenvalue weighted by molar-refractivity contribution is 7.88. The lowest BCUT2D eigenvalue weighted by Crippen LogP contribution is -2.31. The van der Waals surface area contributed by atoms with E-state index < -0.39 is 0 Å². The molecule has 0 saturated carbocycles. The molecule has 88 valence electrons. The van der Waals surface area contributed by atoms with Crippen molar-refractivity contribution in [3.05, 3.63) is 10.1 Å². The Morgan fingerprint density at radius 1 is 1.07 bits per heavy atom. The summed E-state index contributed by atoms with van der Waals surface area (Å²) in [6.45, 7) is 8.34. The number of thiocarbonyl (C=S) groups is 1. The maximum absolute atomic E-state index is 4.96. The summed E-state index contributed by atoms with van der Waals surface area (Å²) >= 11 is 13.9. The smallest absolute Gasteiger partial charge is 0.103 e. The molecular formula is C10H20N2S3. The standard InChI is InChI=1S/C10H20N2S3/c1-7(2)11(5)9(14)10(15)12(6-13)8(3)4/h6-8,14-15H,1-5H3/b10-9-. The second-order valence-electron chi connectivity index (χ2n) is 3.96. The van der Waals surface area contributed by atoms with Crippen LogP contribution in [0.25, 0.3) is 0 Å². The van der Waals surface area contributed by atoms with E-state index in [1.807, 2.05) is 11.9 Å². The van der Waals surface area contributed by atoms with E-state index in [2.05, 4.69) is 57.9 Å². The van der Waals surface area contributed by atoms with Gasteiger partial charge in [-0.05, 0) is 27.7 Å². The topological polar surface area (TPSA) is 6.48 Å². The van der Waals surface area contributed by atoms with E-state index in [-0.39, 0.29) is 6.04 Å². The number of thiol groups is 2. The molecule has 0 aliphatic rings. The van der Waals surface area contributed by atoms with Gasteiger partial charge in [-0.2, -0.15) is 0 Å². The molecule has 0 aromatic heterocycles. The van der Waals surface area contributed by atoms with Crippen molar-refractivity contribution in [3.8, 4) is 0 Å². The Balaban J connectivity index is 4.97. The number of rotatable bonds is 5. The van der Waals surface area contributed by atoms with Crippen LogP contribution in [0.15, 0.2) is 10.1 Å². The summed E-state index contributed by atoms with van der Waals surface area (Å²) < 4.78 is 0. The molecule has 0 radical (unpaired) electrons. The summed E-state index contributed by atoms with van der Waals surface area (Å²) in [5, 5.41) is 1.63. The summed E-state index contributed by atoms with van der Waals surface area (Å²) in [5.74, 6) is 0. The fourth-order valence-electron chi connectivity index (χ4n) is 0.934. The van der Waals surface area contributed by atoms with Gasteiger partial charge in [-0.25, -0.2) is 0 Å². The number of nitrogens with zero attached hydrogens (tertiary/aromatic N) is 2. The molecule has 0 saturated heterocycles. The zero-order chi connectivity index (χ0) is 12.2. The van der Waals surface area contributed by atoms with Gasteiger partial charge in [0.2, 0.25) is 0 Å². The molecule has 0 N–H and O–H groups in total. The first-order chi connectivity index (χ1) is 6.82. The molecule has 2 nitrogen and oxygen atoms in total. The predicted molar refractivity (Wildman–Crippen MR) is 78.5 cm³/mol. The van der Waals surface area contributed by atoms with Gasteiger partial charge in [0.15, 0.2) is 0 Å². The van der Waals surface area contributed by atoms with Crippen molar-refractivity contribution < 1.29 is 0 Å². The minimum atomic E-state index is 0.290. The molecule has 0 aliphatic heterocycles. The maximum Gasteiger partial charge on any atom is 0.103 e. The van der Waals surface area contributed by atoms with Gasteiger partial charge >= 0.3 is 0 Å². The first-order valence-electron chi connectivity index (χ1n) is 4.91. The fourth-order valence-corrected chi connectivity index (χ4v) is 2.15. The third-order valence-corrected chi connectivity index (χ3v) is 3.60. The van der Waals surface area contributed by atoms with Crippen molar-refractivity contribution in [2.75, 3.05) is 7.05 Å². The second kappa shape index (κ2) is 6.66. The quantitative estimate of drug-likeness (QED) is 0.583. The molecule has 0 rings (SSSR count). The molecule has 0 aromatic carbocycles. The molecular weight excluding hydrogens is 244 g/mol. The van der Waals surface area contributed by atoms with Crippen molar-refractivity contribution in [2.24, 2.45) is 0 Å². The lowest BCUT2D eigenvalue weighted by Gasteiger charge is -2.30. The Hall–Kier alpha value is 0.130. The molecule has 15 heavy (non-hydrogen) atoms. The summed E-state index contributed by atoms with van der Waals surface area (Å²) in [6, 6.07) is 0.677. The van der Waals surface area contributed by atoms with Crippen LogP contribution in [0, 0.1) is 0 Å². The Morgan fingerprint density at radius 2 is 1.53 bits per heavy atom. The Kier molecular flexibility index (Phi) is 6.71. The van der Waals surface area contributed by atoms with Gasteiger partial charge in [0.25, 0.3) is 0 Å². The highest BCUT2D eigenvalue weighted by Crippen LogP contribution is 2.22. The normalized spacial score (nSPS) is 12.9. The van der Waals surface area contributed by atoms with Gasteiger partial charge in [-0.3, -0.25) is 0 Å². The highest BCUT2D eigenvalue weighted by atomic mass is 32.1. The lowest BCUT2D eigenvalue weighted by molar-refractivity contribution is 0.354. The van der Waals surface area contributed by atoms with Crippen LogP contribution in [0.2, 0.25) is 0 Å². The van der Waals surface area contributed by atoms with Crippen molar-refractivity contribution in [1.82, 2.24) is 9.80 Å². The molecule has 0 heterocycles. The van der Waals surface area contributed by atoms with E-state index in [9.17, 15) is 0 Å². The molecule has 0 fully saturated rings. The molecule has 0 aromatic rings. The van der Waals surface area contributed by atoms with E-state index in [0.717, 1.165) is 10.1 Å². The Labute approximate surface area is 110 Å². The first kappa shape index (κ1) is 15.1. The number of hydrogen-bond acceptors (Lipinski definition) is 4. The van der Waals surface area contributed by atoms with Crippen LogP contribution in [0.3, 0.4) is 0 Å². The Bertz CT molecular complexity index is 249. The maximum atomic E-state index is 4.96. The van der Waals surface area contributed by atoms with Gasteiger partial charge in [0.05, 0.1) is 10.5 Å². The number of hydrogen-bond donors (Lipinski definition) is 2. The van der Waals surface area contributed by atoms with E-state index in [0.29, 0.717) is 6.04 Å². The molecule has 5 heteroatoms. The summed E-state index contributed by atoms with van der Waals surface area (Å²) in [5.41, 5.74) is 1.61. The van der Waals surface area contributed by atoms with E-state index in [4.69, 9.17) is 12.2 Å². The van der Waals surface area contributed by atoms with Crippen LogP contribution in [0.5, 0.6) is 0 Å². The summed E-state index contributed by atoms with van der Waals surface area (Å²) in [4.78, 5) is 3.97. The molecule has 0 spiro atoms. The third-order valence-electron chi connectivity index (χ3n) is 2.22. The van der Waals surface area contributed by atoms with Crippen LogP contribution >= 0.6 is 37.5 Å². The third kappa shape index (κ3) is 4.25. The van der Waals surface area contributed by atoms with E-state index >= 15 is 0 Å². The fraction of sp³-hybridized carbons (Fsp3) is 0.700. The summed E-state index contributed by atoms with van der Waals surface area (Å²) in [7, 11) is 1.99. The first-order valence-corrected chi connectivity index (χ1v) is 6.28. The molecule has 0 atom stereocenters. The van der Waals surface area contributed by atoms with Crippen LogP contribution < -0.4 is 0 Å². The van der Waals surface area contributed by atoms with Crippen LogP contribution in [0.1, 0.15) is 27.7 Å². The second-order valence-corrected chi connectivity index (χ2v) is 5.02. The largest absolute Gasteiger partial charge is 0.365 e. The minimum Gasteiger partial charge on any atom is -0.365 e. The average molecular weight is 264 g/mol. The predicted octanol–water partition coefficient (Wildman–Crippen LogP) is 2.98. The van der Waals surface area contributed by atoms with Gasteiger partial charge in [0, 0.05) is 19.1 Å². The van der Waals surface area contributed by atoms with E-state index in [1.54, 1.807) is 5.49 Å². The SMILES string of the molecule is CC(C)N(C)/C(S)=C(/S)N(C=S)C(C)C. The van der Waals surface area contributed by atoms with Gasteiger partial charge in [0.1, 0.15) is 5.03 Å². The van der Waals surface area contributed by atoms with Gasteiger partial charge < -0.3 is 9.80 Å². The zero-order valence-electron chi connectivity index (χ0n) is 9.93. The summed E-state index contributed by atoms with van der Waals surface area (Å²) in [6.07, 6.45) is 0. The van der Waals surface area contributed by atoms with E-state index in [1.165, 1.54) is 0 Å². The van der Waals surface area contributed by atoms with Crippen molar-refractivity contribution in [1.29, 1.82) is 0 Å². The van der Waals surface area contributed by atoms with Crippen LogP contribution in [-0.2, 0) is 0 Å². The molecule has 0 unspecified atom stereocenters. The molecule has 0 aliphatic carbocycles. The van der Waals surface area contributed by atoms with Gasteiger partial charge in [-0.15, -0.1) is 25.3 Å². The average Bonchev–Trinajstić information content (AvgIpc) is 2.15. The van der Waals surface area contributed by atoms with Crippen molar-refractivity contribution in [3.63, 3.8) is 0 Å². The molecule has 0 bridgehead atoms. The zero-order valence-corrected chi connectivity index (χ0v) is 12.5. The van der Waals surface area contributed by atoms with Gasteiger partial charge in [-0.1, -0.05) is 12.2 Å². The lowest BCUT2D eigenvalue weighted by atomic mass is 10.3. The highest BCUT2D eigenvalue weighted by Gasteiger charge is 2.14. The Morgan fingerprint density at radius 3 is 1.80 bits per heavy atom. The minimum absolute atomic E-state index is 0.290. The molecule has 0 amide bonds. The van der Waals surface area contributed by atoms with Crippen LogP contribution in [-0.4, -0.2) is 34.4 Å². The van der Waals surface area contributed by atoms with Crippen LogP contribution in [0.4, 0.5) is 0 Å². The van der Waals surface area contributed by atoms with Crippen molar-refractivity contribution >= 4 is 43.0 Å².